The van der Waals surface area contributed by atoms with Crippen LogP contribution >= 0.6 is 11.8 Å². The normalized spacial score (nSPS) is 12.4. The smallest absolute Gasteiger partial charge is 0.437 e. The van der Waals surface area contributed by atoms with Crippen molar-refractivity contribution in [3.63, 3.8) is 0 Å². The highest BCUT2D eigenvalue weighted by molar-refractivity contribution is 8.13. The van der Waals surface area contributed by atoms with Crippen LogP contribution in [0, 0.1) is 0 Å². The van der Waals surface area contributed by atoms with Gasteiger partial charge in [0.25, 0.3) is 0 Å². The maximum Gasteiger partial charge on any atom is 0.437 e. The minimum absolute atomic E-state index is 0.0254. The van der Waals surface area contributed by atoms with E-state index in [4.69, 9.17) is 9.47 Å². The lowest BCUT2D eigenvalue weighted by Gasteiger charge is -2.21. The van der Waals surface area contributed by atoms with Crippen LogP contribution in [0.1, 0.15) is 48.5 Å². The maximum atomic E-state index is 11.8. The molecule has 0 saturated carbocycles. The molecular weight excluding hydrogens is 334 g/mol. The largest absolute Gasteiger partial charge is 0.444 e. The van der Waals surface area contributed by atoms with Crippen LogP contribution in [0.15, 0.2) is 4.99 Å². The molecule has 0 aromatic carbocycles. The molecule has 0 atom stereocenters. The zero-order chi connectivity index (χ0) is 19.0. The molecule has 0 radical (unpaired) electrons. The van der Waals surface area contributed by atoms with Gasteiger partial charge < -0.3 is 14.8 Å². The molecule has 9 heteroatoms. The second-order valence-corrected chi connectivity index (χ2v) is 8.11. The first-order valence-electron chi connectivity index (χ1n) is 7.47. The number of alkyl carbamates (subject to hydrolysis) is 1. The Bertz CT molecular complexity index is 492. The van der Waals surface area contributed by atoms with Gasteiger partial charge in [-0.15, -0.1) is 4.99 Å². The number of nitrogens with zero attached hydrogens (tertiary/aromatic N) is 1. The molecule has 0 aliphatic heterocycles. The Hall–Kier alpha value is -1.77. The van der Waals surface area contributed by atoms with Gasteiger partial charge in [-0.25, -0.2) is 9.59 Å². The summed E-state index contributed by atoms with van der Waals surface area (Å²) in [6.45, 7) is 12.0. The van der Waals surface area contributed by atoms with Gasteiger partial charge >= 0.3 is 12.2 Å². The summed E-state index contributed by atoms with van der Waals surface area (Å²) in [5.41, 5.74) is -1.40. The molecule has 138 valence electrons. The van der Waals surface area contributed by atoms with Crippen LogP contribution in [0.4, 0.5) is 9.59 Å². The van der Waals surface area contributed by atoms with Crippen molar-refractivity contribution in [1.29, 1.82) is 0 Å². The lowest BCUT2D eigenvalue weighted by molar-refractivity contribution is -0.109. The Balaban J connectivity index is 4.84. The van der Waals surface area contributed by atoms with E-state index in [0.29, 0.717) is 12.3 Å². The van der Waals surface area contributed by atoms with Crippen LogP contribution in [0.2, 0.25) is 0 Å². The number of carbonyl (C=O) groups is 3. The highest BCUT2D eigenvalue weighted by Gasteiger charge is 2.20. The van der Waals surface area contributed by atoms with Crippen LogP contribution in [0.5, 0.6) is 0 Å². The molecule has 0 unspecified atom stereocenters. The summed E-state index contributed by atoms with van der Waals surface area (Å²) in [5.74, 6) is 0.362. The molecule has 0 fully saturated rings. The summed E-state index contributed by atoms with van der Waals surface area (Å²) in [5, 5.41) is 5.11. The molecule has 8 nitrogen and oxygen atoms in total. The Morgan fingerprint density at radius 3 is 2.00 bits per heavy atom. The van der Waals surface area contributed by atoms with Crippen LogP contribution in [-0.4, -0.2) is 46.8 Å². The highest BCUT2D eigenvalue weighted by atomic mass is 32.2. The molecule has 0 aromatic heterocycles. The molecule has 24 heavy (non-hydrogen) atoms. The topological polar surface area (TPSA) is 106 Å². The number of guanidine groups is 1. The number of thioether (sulfide) groups is 1. The van der Waals surface area contributed by atoms with Crippen LogP contribution < -0.4 is 10.6 Å². The summed E-state index contributed by atoms with van der Waals surface area (Å²) in [4.78, 5) is 38.2. The van der Waals surface area contributed by atoms with E-state index in [0.717, 1.165) is 11.8 Å². The van der Waals surface area contributed by atoms with Crippen molar-refractivity contribution >= 4 is 35.0 Å². The first kappa shape index (κ1) is 22.2. The Morgan fingerprint density at radius 1 is 1.00 bits per heavy atom. The van der Waals surface area contributed by atoms with E-state index in [1.165, 1.54) is 6.92 Å². The molecule has 2 N–H and O–H groups in total. The molecule has 0 rings (SSSR count). The Morgan fingerprint density at radius 2 is 1.54 bits per heavy atom. The third-order valence-corrected chi connectivity index (χ3v) is 2.73. The van der Waals surface area contributed by atoms with Crippen LogP contribution in [0.3, 0.4) is 0 Å². The van der Waals surface area contributed by atoms with Gasteiger partial charge in [-0.1, -0.05) is 11.8 Å². The number of hydrogen-bond donors (Lipinski definition) is 2. The van der Waals surface area contributed by atoms with Gasteiger partial charge in [0.1, 0.15) is 11.2 Å². The average Bonchev–Trinajstić information content (AvgIpc) is 2.28. The van der Waals surface area contributed by atoms with Crippen molar-refractivity contribution in [3.05, 3.63) is 0 Å². The quantitative estimate of drug-likeness (QED) is 0.452. The average molecular weight is 361 g/mol. The van der Waals surface area contributed by atoms with Crippen molar-refractivity contribution < 1.29 is 23.9 Å². The zero-order valence-electron chi connectivity index (χ0n) is 15.3. The van der Waals surface area contributed by atoms with Crippen LogP contribution in [0.25, 0.3) is 0 Å². The van der Waals surface area contributed by atoms with E-state index >= 15 is 0 Å². The van der Waals surface area contributed by atoms with Crippen molar-refractivity contribution in [2.24, 2.45) is 4.99 Å². The fourth-order valence-electron chi connectivity index (χ4n) is 1.25. The summed E-state index contributed by atoms with van der Waals surface area (Å²) >= 11 is 1.11. The van der Waals surface area contributed by atoms with Gasteiger partial charge in [-0.2, -0.15) is 0 Å². The molecule has 0 bridgehead atoms. The van der Waals surface area contributed by atoms with Crippen molar-refractivity contribution in [2.75, 3.05) is 12.3 Å². The minimum Gasteiger partial charge on any atom is -0.444 e. The molecule has 2 amide bonds. The third kappa shape index (κ3) is 13.9. The van der Waals surface area contributed by atoms with E-state index in [-0.39, 0.29) is 11.1 Å². The number of rotatable bonds is 3. The van der Waals surface area contributed by atoms with Gasteiger partial charge in [-0.05, 0) is 41.5 Å². The molecule has 0 aromatic rings. The predicted octanol–water partition coefficient (Wildman–Crippen LogP) is 2.67. The Labute approximate surface area is 147 Å². The first-order chi connectivity index (χ1) is 10.8. The molecular formula is C15H27N3O5S. The second-order valence-electron chi connectivity index (χ2n) is 6.83. The van der Waals surface area contributed by atoms with E-state index in [2.05, 4.69) is 15.6 Å². The summed E-state index contributed by atoms with van der Waals surface area (Å²) in [6.07, 6.45) is -1.60. The maximum absolute atomic E-state index is 11.8. The molecule has 0 aliphatic carbocycles. The fraction of sp³-hybridized carbons (Fsp3) is 0.733. The van der Waals surface area contributed by atoms with E-state index in [1.807, 2.05) is 0 Å². The van der Waals surface area contributed by atoms with Crippen LogP contribution in [-0.2, 0) is 14.3 Å². The van der Waals surface area contributed by atoms with Gasteiger partial charge in [0.15, 0.2) is 5.12 Å². The van der Waals surface area contributed by atoms with E-state index in [1.54, 1.807) is 41.5 Å². The molecule has 0 aliphatic rings. The third-order valence-electron chi connectivity index (χ3n) is 1.92. The van der Waals surface area contributed by atoms with Crippen molar-refractivity contribution in [2.45, 2.75) is 59.7 Å². The summed E-state index contributed by atoms with van der Waals surface area (Å²) in [7, 11) is 0. The number of aliphatic imine (C=N–C) groups is 1. The number of hydrogen-bond acceptors (Lipinski definition) is 6. The summed E-state index contributed by atoms with van der Waals surface area (Å²) in [6, 6.07) is 0. The monoisotopic (exact) mass is 361 g/mol. The lowest BCUT2D eigenvalue weighted by atomic mass is 10.2. The number of nitrogens with one attached hydrogen (secondary N) is 2. The SMILES string of the molecule is CC(=O)SCCNC(=NC(=O)OC(C)(C)C)NC(=O)OC(C)(C)C. The molecule has 0 saturated heterocycles. The minimum atomic E-state index is -0.847. The number of amides is 2. The summed E-state index contributed by atoms with van der Waals surface area (Å²) < 4.78 is 10.2. The molecule has 0 spiro atoms. The number of carbonyl (C=O) groups excluding carboxylic acids is 3. The van der Waals surface area contributed by atoms with Gasteiger partial charge in [0, 0.05) is 19.2 Å². The van der Waals surface area contributed by atoms with Gasteiger partial charge in [-0.3, -0.25) is 10.1 Å². The van der Waals surface area contributed by atoms with Gasteiger partial charge in [0.05, 0.1) is 0 Å². The van der Waals surface area contributed by atoms with Gasteiger partial charge in [0.2, 0.25) is 5.96 Å². The highest BCUT2D eigenvalue weighted by Crippen LogP contribution is 2.08. The van der Waals surface area contributed by atoms with E-state index < -0.39 is 23.4 Å². The lowest BCUT2D eigenvalue weighted by Crippen LogP contribution is -2.44. The first-order valence-corrected chi connectivity index (χ1v) is 8.46. The van der Waals surface area contributed by atoms with Crippen molar-refractivity contribution in [3.8, 4) is 0 Å². The Kier molecular flexibility index (Phi) is 8.81. The standard InChI is InChI=1S/C15H27N3O5S/c1-10(19)24-9-8-16-11(17-12(20)22-14(2,3)4)18-13(21)23-15(5,6)7/h8-9H2,1-7H3,(H2,16,17,18,20,21). The van der Waals surface area contributed by atoms with Crippen molar-refractivity contribution in [1.82, 2.24) is 10.6 Å². The van der Waals surface area contributed by atoms with E-state index in [9.17, 15) is 14.4 Å². The zero-order valence-corrected chi connectivity index (χ0v) is 16.1. The second kappa shape index (κ2) is 9.51. The predicted molar refractivity (Wildman–Crippen MR) is 94.2 cm³/mol. The molecule has 0 heterocycles. The fourth-order valence-corrected chi connectivity index (χ4v) is 1.74. The number of ether oxygens (including phenoxy) is 2.